The van der Waals surface area contributed by atoms with Crippen molar-refractivity contribution in [1.82, 2.24) is 0 Å². The van der Waals surface area contributed by atoms with Crippen LogP contribution >= 0.6 is 0 Å². The topological polar surface area (TPSA) is 18.5 Å². The first-order valence-electron chi connectivity index (χ1n) is 9.36. The Kier molecular flexibility index (Phi) is 6.59. The number of unbranched alkanes of at least 4 members (excludes halogenated alkanes) is 1. The van der Waals surface area contributed by atoms with E-state index in [2.05, 4.69) is 4.74 Å². The van der Waals surface area contributed by atoms with E-state index in [1.54, 1.807) is 24.3 Å². The van der Waals surface area contributed by atoms with Crippen LogP contribution in [0.5, 0.6) is 11.5 Å². The highest BCUT2D eigenvalue weighted by atomic mass is 19.4. The third-order valence-corrected chi connectivity index (χ3v) is 4.42. The Balaban J connectivity index is 1.78. The lowest BCUT2D eigenvalue weighted by molar-refractivity contribution is -0.274. The lowest BCUT2D eigenvalue weighted by atomic mass is 9.99. The highest BCUT2D eigenvalue weighted by Crippen LogP contribution is 2.32. The molecule has 0 bridgehead atoms. The summed E-state index contributed by atoms with van der Waals surface area (Å²) in [5.41, 5.74) is 1.92. The molecular formula is C23H19F5O2. The number of hydrogen-bond donors (Lipinski definition) is 0. The standard InChI is InChI=1S/C23H19F5O2/c1-2-3-14-29-20-13-12-19(21(24)22(20)25)17-6-4-15(5-7-17)16-8-10-18(11-9-16)30-23(26,27)28/h4-13H,2-3,14H2,1H3. The van der Waals surface area contributed by atoms with E-state index in [0.29, 0.717) is 23.3 Å². The van der Waals surface area contributed by atoms with E-state index in [1.165, 1.54) is 36.4 Å². The molecule has 0 unspecified atom stereocenters. The maximum atomic E-state index is 14.5. The van der Waals surface area contributed by atoms with Crippen molar-refractivity contribution in [3.8, 4) is 33.8 Å². The Morgan fingerprint density at radius 1 is 0.733 bits per heavy atom. The van der Waals surface area contributed by atoms with Crippen LogP contribution in [0.15, 0.2) is 60.7 Å². The summed E-state index contributed by atoms with van der Waals surface area (Å²) in [4.78, 5) is 0. The minimum absolute atomic E-state index is 0.0933. The van der Waals surface area contributed by atoms with Crippen LogP contribution in [0, 0.1) is 11.6 Å². The molecule has 0 amide bonds. The number of ether oxygens (including phenoxy) is 2. The maximum Gasteiger partial charge on any atom is 0.573 e. The average Bonchev–Trinajstić information content (AvgIpc) is 2.71. The second-order valence-corrected chi connectivity index (χ2v) is 6.59. The summed E-state index contributed by atoms with van der Waals surface area (Å²) >= 11 is 0. The van der Waals surface area contributed by atoms with Crippen LogP contribution in [0.25, 0.3) is 22.3 Å². The Bertz CT molecular complexity index is 980. The summed E-state index contributed by atoms with van der Waals surface area (Å²) in [5.74, 6) is -2.47. The zero-order valence-corrected chi connectivity index (χ0v) is 16.1. The Morgan fingerprint density at radius 3 is 1.87 bits per heavy atom. The first kappa shape index (κ1) is 21.6. The molecule has 7 heteroatoms. The quantitative estimate of drug-likeness (QED) is 0.292. The van der Waals surface area contributed by atoms with Gasteiger partial charge in [0.05, 0.1) is 6.61 Å². The number of alkyl halides is 3. The molecule has 0 spiro atoms. The van der Waals surface area contributed by atoms with Gasteiger partial charge in [0.1, 0.15) is 5.75 Å². The first-order chi connectivity index (χ1) is 14.3. The molecule has 0 aliphatic heterocycles. The van der Waals surface area contributed by atoms with Gasteiger partial charge in [-0.15, -0.1) is 13.2 Å². The van der Waals surface area contributed by atoms with Crippen molar-refractivity contribution >= 4 is 0 Å². The van der Waals surface area contributed by atoms with Gasteiger partial charge in [0.15, 0.2) is 11.6 Å². The number of rotatable bonds is 7. The molecular weight excluding hydrogens is 403 g/mol. The molecule has 3 rings (SSSR count). The minimum Gasteiger partial charge on any atom is -0.490 e. The lowest BCUT2D eigenvalue weighted by Gasteiger charge is -2.11. The summed E-state index contributed by atoms with van der Waals surface area (Å²) in [6.45, 7) is 2.28. The third-order valence-electron chi connectivity index (χ3n) is 4.42. The van der Waals surface area contributed by atoms with Gasteiger partial charge in [-0.2, -0.15) is 4.39 Å². The lowest BCUT2D eigenvalue weighted by Crippen LogP contribution is -2.16. The number of benzene rings is 3. The van der Waals surface area contributed by atoms with E-state index in [0.717, 1.165) is 12.8 Å². The van der Waals surface area contributed by atoms with Crippen molar-refractivity contribution in [3.63, 3.8) is 0 Å². The monoisotopic (exact) mass is 422 g/mol. The molecule has 0 aromatic heterocycles. The fourth-order valence-electron chi connectivity index (χ4n) is 2.88. The van der Waals surface area contributed by atoms with Gasteiger partial charge in [0, 0.05) is 5.56 Å². The van der Waals surface area contributed by atoms with Gasteiger partial charge < -0.3 is 9.47 Å². The van der Waals surface area contributed by atoms with Crippen molar-refractivity contribution < 1.29 is 31.4 Å². The average molecular weight is 422 g/mol. The summed E-state index contributed by atoms with van der Waals surface area (Å²) in [5, 5.41) is 0. The van der Waals surface area contributed by atoms with Gasteiger partial charge in [0.2, 0.25) is 5.82 Å². The predicted molar refractivity (Wildman–Crippen MR) is 104 cm³/mol. The normalized spacial score (nSPS) is 11.4. The highest BCUT2D eigenvalue weighted by molar-refractivity contribution is 5.71. The van der Waals surface area contributed by atoms with E-state index in [-0.39, 0.29) is 17.1 Å². The zero-order valence-electron chi connectivity index (χ0n) is 16.1. The van der Waals surface area contributed by atoms with Crippen LogP contribution < -0.4 is 9.47 Å². The molecule has 3 aromatic rings. The Morgan fingerprint density at radius 2 is 1.30 bits per heavy atom. The van der Waals surface area contributed by atoms with Crippen LogP contribution in [-0.4, -0.2) is 13.0 Å². The smallest absolute Gasteiger partial charge is 0.490 e. The van der Waals surface area contributed by atoms with Crippen LogP contribution in [0.1, 0.15) is 19.8 Å². The molecule has 2 nitrogen and oxygen atoms in total. The van der Waals surface area contributed by atoms with E-state index < -0.39 is 18.0 Å². The molecule has 0 radical (unpaired) electrons. The SMILES string of the molecule is CCCCOc1ccc(-c2ccc(-c3ccc(OC(F)(F)F)cc3)cc2)c(F)c1F. The largest absolute Gasteiger partial charge is 0.573 e. The second-order valence-electron chi connectivity index (χ2n) is 6.59. The first-order valence-corrected chi connectivity index (χ1v) is 9.36. The van der Waals surface area contributed by atoms with Crippen molar-refractivity contribution in [2.24, 2.45) is 0 Å². The predicted octanol–water partition coefficient (Wildman–Crippen LogP) is 7.38. The summed E-state index contributed by atoms with van der Waals surface area (Å²) in [6.07, 6.45) is -3.13. The summed E-state index contributed by atoms with van der Waals surface area (Å²) < 4.78 is 74.6. The van der Waals surface area contributed by atoms with Crippen molar-refractivity contribution in [2.45, 2.75) is 26.1 Å². The van der Waals surface area contributed by atoms with E-state index in [1.807, 2.05) is 6.92 Å². The molecule has 0 fully saturated rings. The number of halogens is 5. The van der Waals surface area contributed by atoms with Gasteiger partial charge in [-0.3, -0.25) is 0 Å². The molecule has 0 saturated heterocycles. The van der Waals surface area contributed by atoms with Crippen LogP contribution in [0.2, 0.25) is 0 Å². The highest BCUT2D eigenvalue weighted by Gasteiger charge is 2.30. The molecule has 30 heavy (non-hydrogen) atoms. The fraction of sp³-hybridized carbons (Fsp3) is 0.217. The van der Waals surface area contributed by atoms with Crippen LogP contribution in [0.4, 0.5) is 22.0 Å². The molecule has 158 valence electrons. The second kappa shape index (κ2) is 9.15. The Labute approximate surface area is 170 Å². The summed E-state index contributed by atoms with van der Waals surface area (Å²) in [7, 11) is 0. The van der Waals surface area contributed by atoms with Crippen molar-refractivity contribution in [1.29, 1.82) is 0 Å². The van der Waals surface area contributed by atoms with Gasteiger partial charge in [-0.1, -0.05) is 49.7 Å². The van der Waals surface area contributed by atoms with Crippen molar-refractivity contribution in [2.75, 3.05) is 6.61 Å². The van der Waals surface area contributed by atoms with Gasteiger partial charge in [-0.25, -0.2) is 4.39 Å². The van der Waals surface area contributed by atoms with Crippen LogP contribution in [-0.2, 0) is 0 Å². The van der Waals surface area contributed by atoms with Crippen LogP contribution in [0.3, 0.4) is 0 Å². The molecule has 0 atom stereocenters. The van der Waals surface area contributed by atoms with Gasteiger partial charge in [0.25, 0.3) is 0 Å². The summed E-state index contributed by atoms with van der Waals surface area (Å²) in [6, 6.07) is 14.8. The molecule has 0 heterocycles. The minimum atomic E-state index is -4.75. The molecule has 0 aliphatic carbocycles. The molecule has 3 aromatic carbocycles. The van der Waals surface area contributed by atoms with E-state index in [9.17, 15) is 22.0 Å². The van der Waals surface area contributed by atoms with E-state index in [4.69, 9.17) is 4.74 Å². The third kappa shape index (κ3) is 5.28. The number of hydrogen-bond acceptors (Lipinski definition) is 2. The molecule has 0 aliphatic rings. The van der Waals surface area contributed by atoms with Gasteiger partial charge >= 0.3 is 6.36 Å². The molecule has 0 saturated carbocycles. The Hall–Kier alpha value is -3.09. The fourth-order valence-corrected chi connectivity index (χ4v) is 2.88. The van der Waals surface area contributed by atoms with Gasteiger partial charge in [-0.05, 0) is 47.4 Å². The molecule has 0 N–H and O–H groups in total. The maximum absolute atomic E-state index is 14.5. The van der Waals surface area contributed by atoms with E-state index >= 15 is 0 Å². The zero-order chi connectivity index (χ0) is 21.7. The van der Waals surface area contributed by atoms with Crippen molar-refractivity contribution in [3.05, 3.63) is 72.3 Å².